The van der Waals surface area contributed by atoms with E-state index in [1.807, 2.05) is 25.1 Å². The SMILES string of the molecule is Cc1cccc(CN2CCN(S(=O)(=O)c3cccc(C(F)(F)F)c3)CC2)c1. The predicted molar refractivity (Wildman–Crippen MR) is 96.7 cm³/mol. The third-order valence-corrected chi connectivity index (χ3v) is 6.51. The zero-order valence-electron chi connectivity index (χ0n) is 14.9. The molecule has 2 aromatic rings. The van der Waals surface area contributed by atoms with Crippen LogP contribution >= 0.6 is 0 Å². The standard InChI is InChI=1S/C19H21F3N2O2S/c1-15-4-2-5-16(12-15)14-23-8-10-24(11-9-23)27(25,26)18-7-3-6-17(13-18)19(20,21)22/h2-7,12-13H,8-11,14H2,1H3. The minimum Gasteiger partial charge on any atom is -0.296 e. The van der Waals surface area contributed by atoms with Gasteiger partial charge in [-0.25, -0.2) is 8.42 Å². The normalized spacial score (nSPS) is 17.2. The van der Waals surface area contributed by atoms with Gasteiger partial charge in [0, 0.05) is 32.7 Å². The van der Waals surface area contributed by atoms with E-state index >= 15 is 0 Å². The van der Waals surface area contributed by atoms with Crippen LogP contribution < -0.4 is 0 Å². The number of hydrogen-bond donors (Lipinski definition) is 0. The maximum Gasteiger partial charge on any atom is 0.416 e. The summed E-state index contributed by atoms with van der Waals surface area (Å²) in [6, 6.07) is 12.0. The molecule has 0 N–H and O–H groups in total. The van der Waals surface area contributed by atoms with E-state index in [0.717, 1.165) is 24.2 Å². The first kappa shape index (κ1) is 19.9. The summed E-state index contributed by atoms with van der Waals surface area (Å²) < 4.78 is 65.3. The first-order chi connectivity index (χ1) is 12.7. The number of sulfonamides is 1. The summed E-state index contributed by atoms with van der Waals surface area (Å²) in [4.78, 5) is 1.83. The zero-order chi connectivity index (χ0) is 19.7. The Morgan fingerprint density at radius 2 is 1.63 bits per heavy atom. The Morgan fingerprint density at radius 1 is 0.963 bits per heavy atom. The fourth-order valence-corrected chi connectivity index (χ4v) is 4.65. The van der Waals surface area contributed by atoms with Crippen molar-refractivity contribution < 1.29 is 21.6 Å². The van der Waals surface area contributed by atoms with Gasteiger partial charge in [0.1, 0.15) is 0 Å². The van der Waals surface area contributed by atoms with Crippen LogP contribution in [0, 0.1) is 6.92 Å². The van der Waals surface area contributed by atoms with Gasteiger partial charge in [0.25, 0.3) is 0 Å². The van der Waals surface area contributed by atoms with Crippen molar-refractivity contribution in [3.05, 3.63) is 65.2 Å². The Labute approximate surface area is 157 Å². The van der Waals surface area contributed by atoms with Crippen LogP contribution in [0.3, 0.4) is 0 Å². The molecule has 3 rings (SSSR count). The van der Waals surface area contributed by atoms with Gasteiger partial charge in [-0.15, -0.1) is 0 Å². The number of benzene rings is 2. The lowest BCUT2D eigenvalue weighted by molar-refractivity contribution is -0.137. The monoisotopic (exact) mass is 398 g/mol. The fourth-order valence-electron chi connectivity index (χ4n) is 3.18. The van der Waals surface area contributed by atoms with Crippen LogP contribution in [-0.4, -0.2) is 43.8 Å². The average Bonchev–Trinajstić information content (AvgIpc) is 2.62. The van der Waals surface area contributed by atoms with Crippen molar-refractivity contribution in [2.24, 2.45) is 0 Å². The fraction of sp³-hybridized carbons (Fsp3) is 0.368. The summed E-state index contributed by atoms with van der Waals surface area (Å²) >= 11 is 0. The summed E-state index contributed by atoms with van der Waals surface area (Å²) in [6.07, 6.45) is -4.57. The molecule has 4 nitrogen and oxygen atoms in total. The molecule has 0 radical (unpaired) electrons. The largest absolute Gasteiger partial charge is 0.416 e. The van der Waals surface area contributed by atoms with Gasteiger partial charge in [-0.1, -0.05) is 35.9 Å². The van der Waals surface area contributed by atoms with Gasteiger partial charge in [0.2, 0.25) is 10.0 Å². The van der Waals surface area contributed by atoms with E-state index in [4.69, 9.17) is 0 Å². The average molecular weight is 398 g/mol. The number of rotatable bonds is 4. The van der Waals surface area contributed by atoms with Gasteiger partial charge in [-0.2, -0.15) is 17.5 Å². The third kappa shape index (κ3) is 4.69. The summed E-state index contributed by atoms with van der Waals surface area (Å²) in [5.41, 5.74) is 1.36. The van der Waals surface area contributed by atoms with Crippen LogP contribution in [-0.2, 0) is 22.7 Å². The Hall–Kier alpha value is -1.90. The van der Waals surface area contributed by atoms with Crippen molar-refractivity contribution in [1.29, 1.82) is 0 Å². The molecule has 0 spiro atoms. The molecule has 27 heavy (non-hydrogen) atoms. The number of nitrogens with zero attached hydrogens (tertiary/aromatic N) is 2. The highest BCUT2D eigenvalue weighted by atomic mass is 32.2. The van der Waals surface area contributed by atoms with Crippen molar-refractivity contribution in [2.75, 3.05) is 26.2 Å². The van der Waals surface area contributed by atoms with Gasteiger partial charge < -0.3 is 0 Å². The first-order valence-electron chi connectivity index (χ1n) is 8.61. The van der Waals surface area contributed by atoms with E-state index in [1.54, 1.807) is 0 Å². The molecule has 0 bridgehead atoms. The Morgan fingerprint density at radius 3 is 2.26 bits per heavy atom. The second-order valence-corrected chi connectivity index (χ2v) is 8.63. The first-order valence-corrected chi connectivity index (χ1v) is 10.1. The van der Waals surface area contributed by atoms with Gasteiger partial charge in [0.15, 0.2) is 0 Å². The van der Waals surface area contributed by atoms with Crippen LogP contribution in [0.5, 0.6) is 0 Å². The molecule has 0 aliphatic carbocycles. The van der Waals surface area contributed by atoms with Crippen molar-refractivity contribution in [2.45, 2.75) is 24.5 Å². The molecule has 1 aliphatic rings. The smallest absolute Gasteiger partial charge is 0.296 e. The van der Waals surface area contributed by atoms with Gasteiger partial charge >= 0.3 is 6.18 Å². The minimum atomic E-state index is -4.57. The van der Waals surface area contributed by atoms with Crippen molar-refractivity contribution in [1.82, 2.24) is 9.21 Å². The van der Waals surface area contributed by atoms with Gasteiger partial charge in [-0.05, 0) is 30.7 Å². The molecule has 1 aliphatic heterocycles. The van der Waals surface area contributed by atoms with E-state index in [-0.39, 0.29) is 18.0 Å². The predicted octanol–water partition coefficient (Wildman–Crippen LogP) is 3.52. The van der Waals surface area contributed by atoms with Crippen molar-refractivity contribution in [3.63, 3.8) is 0 Å². The highest BCUT2D eigenvalue weighted by Gasteiger charge is 2.33. The number of hydrogen-bond acceptors (Lipinski definition) is 3. The van der Waals surface area contributed by atoms with Crippen LogP contribution in [0.15, 0.2) is 53.4 Å². The van der Waals surface area contributed by atoms with Gasteiger partial charge in [0.05, 0.1) is 10.5 Å². The molecule has 2 aromatic carbocycles. The summed E-state index contributed by atoms with van der Waals surface area (Å²) in [7, 11) is -3.94. The maximum atomic E-state index is 12.9. The topological polar surface area (TPSA) is 40.6 Å². The number of piperazine rings is 1. The minimum absolute atomic E-state index is 0.254. The van der Waals surface area contributed by atoms with E-state index in [0.29, 0.717) is 19.2 Å². The van der Waals surface area contributed by atoms with Crippen molar-refractivity contribution >= 4 is 10.0 Å². The second kappa shape index (κ2) is 7.61. The highest BCUT2D eigenvalue weighted by molar-refractivity contribution is 7.89. The summed E-state index contributed by atoms with van der Waals surface area (Å²) in [5.74, 6) is 0. The van der Waals surface area contributed by atoms with Crippen LogP contribution in [0.2, 0.25) is 0 Å². The summed E-state index contributed by atoms with van der Waals surface area (Å²) in [5, 5.41) is 0. The highest BCUT2D eigenvalue weighted by Crippen LogP contribution is 2.31. The van der Waals surface area contributed by atoms with E-state index in [2.05, 4.69) is 11.0 Å². The Balaban J connectivity index is 1.68. The lowest BCUT2D eigenvalue weighted by atomic mass is 10.1. The number of aryl methyl sites for hydroxylation is 1. The lowest BCUT2D eigenvalue weighted by Crippen LogP contribution is -2.48. The van der Waals surface area contributed by atoms with E-state index in [1.165, 1.54) is 15.9 Å². The molecule has 0 unspecified atom stereocenters. The zero-order valence-corrected chi connectivity index (χ0v) is 15.7. The van der Waals surface area contributed by atoms with Crippen LogP contribution in [0.4, 0.5) is 13.2 Å². The second-order valence-electron chi connectivity index (χ2n) is 6.69. The molecular weight excluding hydrogens is 377 g/mol. The lowest BCUT2D eigenvalue weighted by Gasteiger charge is -2.34. The van der Waals surface area contributed by atoms with Crippen molar-refractivity contribution in [3.8, 4) is 0 Å². The summed E-state index contributed by atoms with van der Waals surface area (Å²) in [6.45, 7) is 4.31. The number of halogens is 3. The molecule has 0 atom stereocenters. The number of alkyl halides is 3. The van der Waals surface area contributed by atoms with Crippen LogP contribution in [0.1, 0.15) is 16.7 Å². The van der Waals surface area contributed by atoms with Gasteiger partial charge in [-0.3, -0.25) is 4.90 Å². The molecule has 0 aromatic heterocycles. The molecule has 1 saturated heterocycles. The van der Waals surface area contributed by atoms with E-state index < -0.39 is 21.8 Å². The molecule has 146 valence electrons. The van der Waals surface area contributed by atoms with E-state index in [9.17, 15) is 21.6 Å². The Kier molecular flexibility index (Phi) is 5.60. The maximum absolute atomic E-state index is 12.9. The molecule has 0 amide bonds. The molecule has 0 saturated carbocycles. The molecular formula is C19H21F3N2O2S. The Bertz CT molecular complexity index is 905. The quantitative estimate of drug-likeness (QED) is 0.791. The third-order valence-electron chi connectivity index (χ3n) is 4.62. The molecule has 8 heteroatoms. The van der Waals surface area contributed by atoms with Crippen LogP contribution in [0.25, 0.3) is 0 Å². The molecule has 1 heterocycles. The molecule has 1 fully saturated rings.